The molecule has 0 aromatic heterocycles. The molecule has 1 amide bonds. The lowest BCUT2D eigenvalue weighted by atomic mass is 9.93. The van der Waals surface area contributed by atoms with E-state index in [1.165, 1.54) is 14.2 Å². The number of amides is 1. The van der Waals surface area contributed by atoms with E-state index < -0.39 is 6.09 Å². The van der Waals surface area contributed by atoms with Crippen LogP contribution in [0.4, 0.5) is 4.79 Å². The fraction of sp³-hybridized carbons (Fsp3) is 0.412. The maximum absolute atomic E-state index is 11.6. The third-order valence-electron chi connectivity index (χ3n) is 3.42. The number of esters is 1. The highest BCUT2D eigenvalue weighted by Gasteiger charge is 2.20. The summed E-state index contributed by atoms with van der Waals surface area (Å²) in [7, 11) is 2.69. The highest BCUT2D eigenvalue weighted by molar-refractivity contribution is 5.73. The largest absolute Gasteiger partial charge is 0.469 e. The van der Waals surface area contributed by atoms with Gasteiger partial charge in [0.2, 0.25) is 0 Å². The number of carbonyl (C=O) groups is 2. The van der Waals surface area contributed by atoms with E-state index in [2.05, 4.69) is 10.1 Å². The van der Waals surface area contributed by atoms with Gasteiger partial charge in [0.25, 0.3) is 0 Å². The monoisotopic (exact) mass is 305 g/mol. The van der Waals surface area contributed by atoms with Crippen LogP contribution in [-0.4, -0.2) is 26.3 Å². The molecule has 120 valence electrons. The van der Waals surface area contributed by atoms with Crippen LogP contribution in [0, 0.1) is 11.8 Å². The SMILES string of the molecule is COC(=O)N[C@@H](c1ccccc1)[C@@H](C)C=C[C@H](C)C(=O)OC. The molecule has 1 N–H and O–H groups in total. The van der Waals surface area contributed by atoms with Crippen LogP contribution >= 0.6 is 0 Å². The summed E-state index contributed by atoms with van der Waals surface area (Å²) in [6.45, 7) is 3.73. The molecule has 5 heteroatoms. The van der Waals surface area contributed by atoms with Crippen LogP contribution in [-0.2, 0) is 14.3 Å². The minimum atomic E-state index is -0.491. The minimum absolute atomic E-state index is 0.0198. The topological polar surface area (TPSA) is 64.6 Å². The van der Waals surface area contributed by atoms with Gasteiger partial charge in [0.1, 0.15) is 0 Å². The van der Waals surface area contributed by atoms with Crippen LogP contribution in [0.15, 0.2) is 42.5 Å². The molecule has 1 aromatic rings. The van der Waals surface area contributed by atoms with Crippen molar-refractivity contribution in [1.82, 2.24) is 5.32 Å². The highest BCUT2D eigenvalue weighted by atomic mass is 16.5. The number of ether oxygens (including phenoxy) is 2. The fourth-order valence-corrected chi connectivity index (χ4v) is 2.08. The molecule has 0 saturated heterocycles. The van der Waals surface area contributed by atoms with E-state index in [1.807, 2.05) is 43.3 Å². The predicted molar refractivity (Wildman–Crippen MR) is 84.2 cm³/mol. The summed E-state index contributed by atoms with van der Waals surface area (Å²) in [4.78, 5) is 23.0. The number of methoxy groups -OCH3 is 2. The van der Waals surface area contributed by atoms with Gasteiger partial charge in [0.05, 0.1) is 26.2 Å². The van der Waals surface area contributed by atoms with Gasteiger partial charge in [-0.25, -0.2) is 4.79 Å². The minimum Gasteiger partial charge on any atom is -0.469 e. The van der Waals surface area contributed by atoms with E-state index in [-0.39, 0.29) is 23.8 Å². The first-order chi connectivity index (χ1) is 10.5. The van der Waals surface area contributed by atoms with Crippen LogP contribution < -0.4 is 5.32 Å². The van der Waals surface area contributed by atoms with Crippen molar-refractivity contribution in [3.63, 3.8) is 0 Å². The highest BCUT2D eigenvalue weighted by Crippen LogP contribution is 2.23. The molecule has 22 heavy (non-hydrogen) atoms. The summed E-state index contributed by atoms with van der Waals surface area (Å²) in [6.07, 6.45) is 3.19. The van der Waals surface area contributed by atoms with E-state index in [0.29, 0.717) is 0 Å². The summed E-state index contributed by atoms with van der Waals surface area (Å²) >= 11 is 0. The summed E-state index contributed by atoms with van der Waals surface area (Å²) in [6, 6.07) is 9.38. The third-order valence-corrected chi connectivity index (χ3v) is 3.42. The quantitative estimate of drug-likeness (QED) is 0.648. The first-order valence-electron chi connectivity index (χ1n) is 7.15. The standard InChI is InChI=1S/C17H23NO4/c1-12(10-11-13(2)16(19)21-3)15(18-17(20)22-4)14-8-6-5-7-9-14/h5-13,15H,1-4H3,(H,18,20)/t12-,13-,15+/m0/s1. The predicted octanol–water partition coefficient (Wildman–Crippen LogP) is 3.09. The van der Waals surface area contributed by atoms with Gasteiger partial charge in [-0.05, 0) is 18.4 Å². The second-order valence-corrected chi connectivity index (χ2v) is 5.08. The Morgan fingerprint density at radius 1 is 1.05 bits per heavy atom. The normalized spacial score (nSPS) is 14.9. The second-order valence-electron chi connectivity index (χ2n) is 5.08. The van der Waals surface area contributed by atoms with Crippen LogP contribution in [0.3, 0.4) is 0 Å². The summed E-state index contributed by atoms with van der Waals surface area (Å²) in [5.41, 5.74) is 0.968. The Hall–Kier alpha value is -2.30. The van der Waals surface area contributed by atoms with Crippen LogP contribution in [0.25, 0.3) is 0 Å². The molecule has 0 unspecified atom stereocenters. The van der Waals surface area contributed by atoms with Crippen molar-refractivity contribution in [2.75, 3.05) is 14.2 Å². The maximum atomic E-state index is 11.6. The lowest BCUT2D eigenvalue weighted by Gasteiger charge is -2.23. The van der Waals surface area contributed by atoms with Gasteiger partial charge in [-0.15, -0.1) is 0 Å². The lowest BCUT2D eigenvalue weighted by molar-refractivity contribution is -0.143. The van der Waals surface area contributed by atoms with Gasteiger partial charge < -0.3 is 14.8 Å². The van der Waals surface area contributed by atoms with E-state index in [0.717, 1.165) is 5.56 Å². The molecule has 0 radical (unpaired) electrons. The zero-order chi connectivity index (χ0) is 16.5. The number of benzene rings is 1. The van der Waals surface area contributed by atoms with Gasteiger partial charge in [0, 0.05) is 0 Å². The Balaban J connectivity index is 2.89. The number of hydrogen-bond donors (Lipinski definition) is 1. The number of nitrogens with one attached hydrogen (secondary N) is 1. The Kier molecular flexibility index (Phi) is 7.16. The number of rotatable bonds is 6. The molecule has 1 aromatic carbocycles. The van der Waals surface area contributed by atoms with Crippen LogP contribution in [0.1, 0.15) is 25.5 Å². The van der Waals surface area contributed by atoms with Crippen molar-refractivity contribution in [2.24, 2.45) is 11.8 Å². The maximum Gasteiger partial charge on any atom is 0.407 e. The number of alkyl carbamates (subject to hydrolysis) is 1. The molecule has 0 aliphatic heterocycles. The molecule has 0 spiro atoms. The van der Waals surface area contributed by atoms with Gasteiger partial charge >= 0.3 is 12.1 Å². The Labute approximate surface area is 131 Å². The summed E-state index contributed by atoms with van der Waals surface area (Å²) in [5, 5.41) is 2.82. The zero-order valence-electron chi connectivity index (χ0n) is 13.4. The number of hydrogen-bond acceptors (Lipinski definition) is 4. The van der Waals surface area contributed by atoms with Crippen molar-refractivity contribution in [2.45, 2.75) is 19.9 Å². The van der Waals surface area contributed by atoms with Crippen molar-refractivity contribution in [3.8, 4) is 0 Å². The Morgan fingerprint density at radius 3 is 2.23 bits per heavy atom. The molecule has 0 heterocycles. The van der Waals surface area contributed by atoms with Gasteiger partial charge in [0.15, 0.2) is 0 Å². The molecule has 0 bridgehead atoms. The van der Waals surface area contributed by atoms with Crippen molar-refractivity contribution >= 4 is 12.1 Å². The summed E-state index contributed by atoms with van der Waals surface area (Å²) < 4.78 is 9.38. The molecule has 0 fully saturated rings. The first kappa shape index (κ1) is 17.8. The summed E-state index contributed by atoms with van der Waals surface area (Å²) in [5.74, 6) is -0.642. The molecule has 0 saturated carbocycles. The average molecular weight is 305 g/mol. The van der Waals surface area contributed by atoms with Crippen molar-refractivity contribution in [3.05, 3.63) is 48.0 Å². The van der Waals surface area contributed by atoms with E-state index >= 15 is 0 Å². The number of carbonyl (C=O) groups excluding carboxylic acids is 2. The smallest absolute Gasteiger partial charge is 0.407 e. The zero-order valence-corrected chi connectivity index (χ0v) is 13.4. The molecule has 1 rings (SSSR count). The molecule has 0 aliphatic rings. The fourth-order valence-electron chi connectivity index (χ4n) is 2.08. The first-order valence-corrected chi connectivity index (χ1v) is 7.15. The third kappa shape index (κ3) is 5.24. The van der Waals surface area contributed by atoms with Crippen LogP contribution in [0.5, 0.6) is 0 Å². The molecule has 0 aliphatic carbocycles. The molecule has 3 atom stereocenters. The van der Waals surface area contributed by atoms with Gasteiger partial charge in [-0.1, -0.05) is 49.4 Å². The van der Waals surface area contributed by atoms with Gasteiger partial charge in [-0.2, -0.15) is 0 Å². The van der Waals surface area contributed by atoms with E-state index in [9.17, 15) is 9.59 Å². The second kappa shape index (κ2) is 8.87. The Morgan fingerprint density at radius 2 is 1.68 bits per heavy atom. The molecule has 5 nitrogen and oxygen atoms in total. The van der Waals surface area contributed by atoms with Crippen molar-refractivity contribution in [1.29, 1.82) is 0 Å². The molecular weight excluding hydrogens is 282 g/mol. The lowest BCUT2D eigenvalue weighted by Crippen LogP contribution is -2.32. The Bertz CT molecular complexity index is 513. The van der Waals surface area contributed by atoms with E-state index in [4.69, 9.17) is 4.74 Å². The average Bonchev–Trinajstić information content (AvgIpc) is 2.56. The van der Waals surface area contributed by atoms with Crippen LogP contribution in [0.2, 0.25) is 0 Å². The molecular formula is C17H23NO4. The van der Waals surface area contributed by atoms with E-state index in [1.54, 1.807) is 13.0 Å². The van der Waals surface area contributed by atoms with Gasteiger partial charge in [-0.3, -0.25) is 4.79 Å². The van der Waals surface area contributed by atoms with Crippen molar-refractivity contribution < 1.29 is 19.1 Å².